The number of nitrogens with zero attached hydrogens (tertiary/aromatic N) is 4. The summed E-state index contributed by atoms with van der Waals surface area (Å²) >= 11 is 0. The first-order valence-corrected chi connectivity index (χ1v) is 16.0. The van der Waals surface area contributed by atoms with Gasteiger partial charge in [0.25, 0.3) is 11.8 Å². The number of aromatic nitrogens is 2. The minimum atomic E-state index is -4.00. The summed E-state index contributed by atoms with van der Waals surface area (Å²) in [5, 5.41) is 5.32. The van der Waals surface area contributed by atoms with Gasteiger partial charge in [0.15, 0.2) is 0 Å². The summed E-state index contributed by atoms with van der Waals surface area (Å²) in [6.45, 7) is 2.12. The smallest absolute Gasteiger partial charge is 0.274 e. The van der Waals surface area contributed by atoms with Crippen LogP contribution >= 0.6 is 0 Å². The number of carbonyl (C=O) groups is 2. The van der Waals surface area contributed by atoms with E-state index in [1.807, 2.05) is 23.1 Å². The molecule has 2 aliphatic rings. The van der Waals surface area contributed by atoms with Crippen molar-refractivity contribution < 1.29 is 27.5 Å². The molecular weight excluding hydrogens is 570 g/mol. The van der Waals surface area contributed by atoms with Crippen LogP contribution in [0.25, 0.3) is 0 Å². The van der Waals surface area contributed by atoms with E-state index in [0.717, 1.165) is 37.0 Å². The maximum absolute atomic E-state index is 13.7. The third-order valence-electron chi connectivity index (χ3n) is 8.43. The minimum absolute atomic E-state index is 0.147. The van der Waals surface area contributed by atoms with E-state index in [2.05, 4.69) is 16.0 Å². The van der Waals surface area contributed by atoms with Crippen LogP contribution in [0.3, 0.4) is 0 Å². The molecule has 5 rings (SSSR count). The van der Waals surface area contributed by atoms with Crippen molar-refractivity contribution in [3.8, 4) is 11.5 Å². The maximum Gasteiger partial charge on any atom is 0.274 e. The van der Waals surface area contributed by atoms with Crippen LogP contribution in [0.4, 0.5) is 0 Å². The van der Waals surface area contributed by atoms with E-state index in [4.69, 9.17) is 14.6 Å². The van der Waals surface area contributed by atoms with Gasteiger partial charge in [-0.05, 0) is 67.3 Å². The van der Waals surface area contributed by atoms with Crippen LogP contribution in [0.5, 0.6) is 11.5 Å². The third kappa shape index (κ3) is 7.14. The van der Waals surface area contributed by atoms with E-state index in [-0.39, 0.29) is 39.1 Å². The van der Waals surface area contributed by atoms with Gasteiger partial charge in [-0.25, -0.2) is 18.5 Å². The second-order valence-corrected chi connectivity index (χ2v) is 12.7. The Kier molecular flexibility index (Phi) is 9.26. The number of piperidine rings is 1. The summed E-state index contributed by atoms with van der Waals surface area (Å²) in [7, 11) is -2.56. The Morgan fingerprint density at radius 2 is 1.77 bits per heavy atom. The highest BCUT2D eigenvalue weighted by Crippen LogP contribution is 2.39. The number of nitrogens with two attached hydrogens (primary N) is 1. The van der Waals surface area contributed by atoms with Crippen LogP contribution in [0, 0.1) is 5.41 Å². The summed E-state index contributed by atoms with van der Waals surface area (Å²) in [4.78, 5) is 39.0. The summed E-state index contributed by atoms with van der Waals surface area (Å²) in [6, 6.07) is 12.1. The maximum atomic E-state index is 13.7. The molecule has 2 N–H and O–H groups in total. The van der Waals surface area contributed by atoms with Gasteiger partial charge in [0.2, 0.25) is 10.0 Å². The van der Waals surface area contributed by atoms with Gasteiger partial charge >= 0.3 is 0 Å². The molecule has 0 aliphatic carbocycles. The molecule has 0 radical (unpaired) electrons. The monoisotopic (exact) mass is 607 g/mol. The molecular formula is C31H37N5O6S. The average Bonchev–Trinajstić information content (AvgIpc) is 3.02. The number of carbonyl (C=O) groups excluding carboxylic acids is 2. The van der Waals surface area contributed by atoms with Gasteiger partial charge in [-0.1, -0.05) is 24.6 Å². The lowest BCUT2D eigenvalue weighted by Gasteiger charge is -2.45. The topological polar surface area (TPSA) is 145 Å². The van der Waals surface area contributed by atoms with Crippen molar-refractivity contribution in [2.45, 2.75) is 43.4 Å². The molecule has 11 nitrogen and oxygen atoms in total. The van der Waals surface area contributed by atoms with Gasteiger partial charge in [0, 0.05) is 32.0 Å². The van der Waals surface area contributed by atoms with Crippen molar-refractivity contribution in [3.63, 3.8) is 0 Å². The van der Waals surface area contributed by atoms with E-state index in [9.17, 15) is 18.0 Å². The molecule has 1 aromatic heterocycles. The first-order chi connectivity index (χ1) is 20.7. The van der Waals surface area contributed by atoms with Crippen LogP contribution in [0.15, 0.2) is 66.0 Å². The Hall–Kier alpha value is -4.03. The number of benzene rings is 2. The van der Waals surface area contributed by atoms with Crippen LogP contribution in [-0.4, -0.2) is 79.9 Å². The van der Waals surface area contributed by atoms with E-state index >= 15 is 0 Å². The second kappa shape index (κ2) is 13.1. The average molecular weight is 608 g/mol. The third-order valence-corrected chi connectivity index (χ3v) is 9.34. The molecule has 1 spiro atoms. The standard InChI is InChI=1S/C31H37N5O6S/c1-41-28-10-9-24(43(32,39)40)20-25(28)29(37)35-16-12-31(13-17-35)11-5-4-7-23-6-2-3-8-27(23)42-19-18-36(22-31)30(38)26-21-33-14-15-34-26/h2-3,6,8-10,14-15,20-21H,4-5,7,11-13,16-19,22H2,1H3,(H2,32,39,40). The van der Waals surface area contributed by atoms with Crippen molar-refractivity contribution in [2.75, 3.05) is 39.9 Å². The summed E-state index contributed by atoms with van der Waals surface area (Å²) in [6.07, 6.45) is 9.61. The molecule has 2 aromatic carbocycles. The summed E-state index contributed by atoms with van der Waals surface area (Å²) < 4.78 is 35.5. The second-order valence-electron chi connectivity index (χ2n) is 11.2. The van der Waals surface area contributed by atoms with Crippen molar-refractivity contribution in [1.82, 2.24) is 19.8 Å². The van der Waals surface area contributed by atoms with Crippen LogP contribution in [-0.2, 0) is 16.4 Å². The predicted octanol–water partition coefficient (Wildman–Crippen LogP) is 3.30. The number of methoxy groups -OCH3 is 1. The number of ether oxygens (including phenoxy) is 2. The Bertz CT molecular complexity index is 1560. The van der Waals surface area contributed by atoms with Crippen molar-refractivity contribution >= 4 is 21.8 Å². The number of rotatable bonds is 4. The zero-order chi connectivity index (χ0) is 30.5. The normalized spacial score (nSPS) is 17.6. The fourth-order valence-electron chi connectivity index (χ4n) is 6.03. The highest BCUT2D eigenvalue weighted by Gasteiger charge is 2.39. The van der Waals surface area contributed by atoms with Gasteiger partial charge in [0.05, 0.1) is 30.3 Å². The molecule has 1 saturated heterocycles. The molecule has 3 aromatic rings. The van der Waals surface area contributed by atoms with E-state index < -0.39 is 10.0 Å². The van der Waals surface area contributed by atoms with Gasteiger partial charge in [-0.2, -0.15) is 0 Å². The van der Waals surface area contributed by atoms with Crippen molar-refractivity contribution in [2.24, 2.45) is 10.6 Å². The Balaban J connectivity index is 1.38. The quantitative estimate of drug-likeness (QED) is 0.476. The molecule has 0 saturated carbocycles. The number of primary sulfonamides is 1. The van der Waals surface area contributed by atoms with E-state index in [1.165, 1.54) is 43.9 Å². The van der Waals surface area contributed by atoms with Crippen LogP contribution < -0.4 is 14.6 Å². The van der Waals surface area contributed by atoms with Crippen LogP contribution in [0.2, 0.25) is 0 Å². The Morgan fingerprint density at radius 1 is 0.977 bits per heavy atom. The first-order valence-electron chi connectivity index (χ1n) is 14.5. The number of amides is 2. The number of hydrogen-bond acceptors (Lipinski definition) is 8. The molecule has 0 unspecified atom stereocenters. The highest BCUT2D eigenvalue weighted by atomic mass is 32.2. The first kappa shape index (κ1) is 30.4. The lowest BCUT2D eigenvalue weighted by atomic mass is 9.73. The minimum Gasteiger partial charge on any atom is -0.496 e. The predicted molar refractivity (Wildman–Crippen MR) is 159 cm³/mol. The summed E-state index contributed by atoms with van der Waals surface area (Å²) in [5.41, 5.74) is 1.36. The van der Waals surface area contributed by atoms with Gasteiger partial charge in [-0.3, -0.25) is 14.6 Å². The zero-order valence-electron chi connectivity index (χ0n) is 24.3. The number of hydrogen-bond donors (Lipinski definition) is 1. The van der Waals surface area contributed by atoms with Crippen LogP contribution in [0.1, 0.15) is 58.5 Å². The SMILES string of the molecule is COc1ccc(S(N)(=O)=O)cc1C(=O)N1CCC2(CCCCc3ccccc3OCCN(C(=O)c3cnccn3)C2)CC1. The largest absolute Gasteiger partial charge is 0.496 e. The molecule has 3 heterocycles. The van der Waals surface area contributed by atoms with E-state index in [1.54, 1.807) is 4.90 Å². The fraction of sp³-hybridized carbons (Fsp3) is 0.419. The lowest BCUT2D eigenvalue weighted by Crippen LogP contribution is -2.50. The summed E-state index contributed by atoms with van der Waals surface area (Å²) in [5.74, 6) is 0.607. The highest BCUT2D eigenvalue weighted by molar-refractivity contribution is 7.89. The number of para-hydroxylation sites is 1. The van der Waals surface area contributed by atoms with Gasteiger partial charge < -0.3 is 19.3 Å². The molecule has 43 heavy (non-hydrogen) atoms. The molecule has 1 fully saturated rings. The van der Waals surface area contributed by atoms with E-state index in [0.29, 0.717) is 45.6 Å². The molecule has 0 bridgehead atoms. The Morgan fingerprint density at radius 3 is 2.49 bits per heavy atom. The van der Waals surface area contributed by atoms with Crippen molar-refractivity contribution in [3.05, 3.63) is 77.9 Å². The van der Waals surface area contributed by atoms with Crippen molar-refractivity contribution in [1.29, 1.82) is 0 Å². The molecule has 0 atom stereocenters. The Labute approximate surface area is 252 Å². The van der Waals surface area contributed by atoms with Gasteiger partial charge in [0.1, 0.15) is 23.8 Å². The fourth-order valence-corrected chi connectivity index (χ4v) is 6.57. The number of likely N-dealkylation sites (tertiary alicyclic amines) is 1. The number of fused-ring (bicyclic) bond motifs is 1. The van der Waals surface area contributed by atoms with Gasteiger partial charge in [-0.15, -0.1) is 0 Å². The molecule has 12 heteroatoms. The zero-order valence-corrected chi connectivity index (χ0v) is 25.1. The molecule has 2 amide bonds. The molecule has 228 valence electrons. The molecule has 2 aliphatic heterocycles. The lowest BCUT2D eigenvalue weighted by molar-refractivity contribution is 0.0324. The number of aryl methyl sites for hydroxylation is 1. The number of sulfonamides is 1.